The Morgan fingerprint density at radius 2 is 1.81 bits per heavy atom. The van der Waals surface area contributed by atoms with E-state index in [-0.39, 0.29) is 0 Å². The highest BCUT2D eigenvalue weighted by Crippen LogP contribution is 2.51. The van der Waals surface area contributed by atoms with Crippen LogP contribution in [0.2, 0.25) is 0 Å². The molecule has 7 nitrogen and oxygen atoms in total. The number of rotatable bonds is 3. The van der Waals surface area contributed by atoms with E-state index >= 15 is 0 Å². The fourth-order valence-corrected chi connectivity index (χ4v) is 4.93. The zero-order valence-corrected chi connectivity index (χ0v) is 15.1. The van der Waals surface area contributed by atoms with Crippen LogP contribution < -0.4 is 20.4 Å². The summed E-state index contributed by atoms with van der Waals surface area (Å²) in [4.78, 5) is 9.59. The number of hydrogen-bond acceptors (Lipinski definition) is 6. The molecule has 0 aliphatic carbocycles. The van der Waals surface area contributed by atoms with Crippen molar-refractivity contribution in [3.8, 4) is 0 Å². The standard InChI is InChI=1S/C19H27N7/c1-2-4-15(5-3-1)16-19(6-8-21-14-19)7-11-26(16)18-22-17(23-24-18)25-12-9-20-10-13-25/h1-5,16,20-21H,6-14H2,(H,22,23,24). The lowest BCUT2D eigenvalue weighted by molar-refractivity contribution is 0.293. The molecular weight excluding hydrogens is 326 g/mol. The van der Waals surface area contributed by atoms with Crippen molar-refractivity contribution < 1.29 is 0 Å². The third-order valence-corrected chi connectivity index (χ3v) is 6.27. The number of H-pyrrole nitrogens is 1. The van der Waals surface area contributed by atoms with Crippen LogP contribution in [0.5, 0.6) is 0 Å². The van der Waals surface area contributed by atoms with Gasteiger partial charge in [-0.15, -0.1) is 5.10 Å². The number of nitrogens with zero attached hydrogens (tertiary/aromatic N) is 4. The second-order valence-corrected chi connectivity index (χ2v) is 7.74. The molecule has 0 bridgehead atoms. The molecule has 1 spiro atoms. The summed E-state index contributed by atoms with van der Waals surface area (Å²) in [6.07, 6.45) is 2.42. The van der Waals surface area contributed by atoms with Crippen molar-refractivity contribution in [2.24, 2.45) is 5.41 Å². The van der Waals surface area contributed by atoms with Gasteiger partial charge in [-0.05, 0) is 24.9 Å². The van der Waals surface area contributed by atoms with E-state index in [1.54, 1.807) is 0 Å². The maximum Gasteiger partial charge on any atom is 0.246 e. The number of benzene rings is 1. The Kier molecular flexibility index (Phi) is 4.05. The molecule has 3 N–H and O–H groups in total. The van der Waals surface area contributed by atoms with Gasteiger partial charge in [-0.3, -0.25) is 0 Å². The van der Waals surface area contributed by atoms with Gasteiger partial charge in [0, 0.05) is 44.7 Å². The summed E-state index contributed by atoms with van der Waals surface area (Å²) in [7, 11) is 0. The van der Waals surface area contributed by atoms with Gasteiger partial charge < -0.3 is 20.4 Å². The second-order valence-electron chi connectivity index (χ2n) is 7.74. The van der Waals surface area contributed by atoms with Crippen LogP contribution >= 0.6 is 0 Å². The highest BCUT2D eigenvalue weighted by molar-refractivity contribution is 5.45. The topological polar surface area (TPSA) is 72.1 Å². The number of anilines is 2. The number of piperazine rings is 1. The quantitative estimate of drug-likeness (QED) is 0.769. The zero-order valence-electron chi connectivity index (χ0n) is 15.1. The molecule has 0 amide bonds. The lowest BCUT2D eigenvalue weighted by Gasteiger charge is -2.35. The molecule has 3 aliphatic heterocycles. The van der Waals surface area contributed by atoms with Crippen LogP contribution in [0.4, 0.5) is 11.9 Å². The Bertz CT molecular complexity index is 731. The molecule has 4 heterocycles. The van der Waals surface area contributed by atoms with Crippen molar-refractivity contribution in [3.05, 3.63) is 35.9 Å². The number of aromatic amines is 1. The molecule has 2 aromatic rings. The molecule has 0 radical (unpaired) electrons. The van der Waals surface area contributed by atoms with Gasteiger partial charge in [0.1, 0.15) is 0 Å². The molecule has 0 saturated carbocycles. The van der Waals surface area contributed by atoms with E-state index in [4.69, 9.17) is 4.98 Å². The summed E-state index contributed by atoms with van der Waals surface area (Å²) in [5.41, 5.74) is 1.68. The first-order chi connectivity index (χ1) is 12.9. The van der Waals surface area contributed by atoms with Gasteiger partial charge in [0.05, 0.1) is 6.04 Å². The van der Waals surface area contributed by atoms with Crippen LogP contribution in [0.3, 0.4) is 0 Å². The predicted octanol–water partition coefficient (Wildman–Crippen LogP) is 1.15. The average molecular weight is 353 g/mol. The number of aromatic nitrogens is 3. The van der Waals surface area contributed by atoms with Gasteiger partial charge in [0.25, 0.3) is 0 Å². The molecule has 2 atom stereocenters. The van der Waals surface area contributed by atoms with Crippen LogP contribution in [0.25, 0.3) is 0 Å². The maximum atomic E-state index is 4.88. The van der Waals surface area contributed by atoms with Crippen molar-refractivity contribution in [1.82, 2.24) is 25.8 Å². The summed E-state index contributed by atoms with van der Waals surface area (Å²) >= 11 is 0. The van der Waals surface area contributed by atoms with Crippen molar-refractivity contribution >= 4 is 11.9 Å². The lowest BCUT2D eigenvalue weighted by atomic mass is 9.76. The minimum Gasteiger partial charge on any atom is -0.337 e. The lowest BCUT2D eigenvalue weighted by Crippen LogP contribution is -2.44. The van der Waals surface area contributed by atoms with Gasteiger partial charge in [-0.2, -0.15) is 4.98 Å². The third-order valence-electron chi connectivity index (χ3n) is 6.27. The largest absolute Gasteiger partial charge is 0.337 e. The first-order valence-electron chi connectivity index (χ1n) is 9.76. The van der Waals surface area contributed by atoms with Crippen molar-refractivity contribution in [2.75, 3.05) is 55.6 Å². The molecule has 7 heteroatoms. The average Bonchev–Trinajstić information content (AvgIpc) is 3.44. The van der Waals surface area contributed by atoms with Gasteiger partial charge in [-0.1, -0.05) is 30.3 Å². The monoisotopic (exact) mass is 353 g/mol. The van der Waals surface area contributed by atoms with Crippen LogP contribution in [0.15, 0.2) is 30.3 Å². The predicted molar refractivity (Wildman–Crippen MR) is 103 cm³/mol. The van der Waals surface area contributed by atoms with Gasteiger partial charge in [0.2, 0.25) is 11.9 Å². The van der Waals surface area contributed by atoms with E-state index in [1.807, 2.05) is 0 Å². The summed E-state index contributed by atoms with van der Waals surface area (Å²) in [5, 5.41) is 14.7. The molecule has 3 saturated heterocycles. The molecule has 1 aromatic heterocycles. The number of nitrogens with one attached hydrogen (secondary N) is 3. The molecule has 5 rings (SSSR count). The fourth-order valence-electron chi connectivity index (χ4n) is 4.93. The van der Waals surface area contributed by atoms with Gasteiger partial charge >= 0.3 is 0 Å². The van der Waals surface area contributed by atoms with Crippen LogP contribution in [-0.2, 0) is 0 Å². The van der Waals surface area contributed by atoms with Crippen molar-refractivity contribution in [2.45, 2.75) is 18.9 Å². The smallest absolute Gasteiger partial charge is 0.246 e. The SMILES string of the molecule is c1ccc(C2N(c3nc(N4CCNCC4)n[nH]3)CCC23CCNC3)cc1. The molecular formula is C19H27N7. The minimum absolute atomic E-state index is 0.295. The van der Waals surface area contributed by atoms with E-state index in [2.05, 4.69) is 61.0 Å². The van der Waals surface area contributed by atoms with Crippen LogP contribution in [0.1, 0.15) is 24.4 Å². The number of hydrogen-bond donors (Lipinski definition) is 3. The summed E-state index contributed by atoms with van der Waals surface area (Å²) in [5.74, 6) is 1.75. The highest BCUT2D eigenvalue weighted by atomic mass is 15.4. The van der Waals surface area contributed by atoms with Gasteiger partial charge in [0.15, 0.2) is 0 Å². The summed E-state index contributed by atoms with van der Waals surface area (Å²) in [6, 6.07) is 11.3. The van der Waals surface area contributed by atoms with E-state index in [0.717, 1.165) is 57.7 Å². The Labute approximate surface area is 154 Å². The normalized spacial score (nSPS) is 29.0. The second kappa shape index (κ2) is 6.55. The Hall–Kier alpha value is -2.12. The minimum atomic E-state index is 0.295. The molecule has 3 fully saturated rings. The van der Waals surface area contributed by atoms with E-state index in [1.165, 1.54) is 18.4 Å². The Balaban J connectivity index is 1.46. The van der Waals surface area contributed by atoms with Crippen LogP contribution in [-0.4, -0.2) is 61.0 Å². The highest BCUT2D eigenvalue weighted by Gasteiger charge is 2.50. The third kappa shape index (κ3) is 2.66. The summed E-state index contributed by atoms with van der Waals surface area (Å²) in [6.45, 7) is 7.14. The molecule has 3 aliphatic rings. The van der Waals surface area contributed by atoms with E-state index < -0.39 is 0 Å². The van der Waals surface area contributed by atoms with Gasteiger partial charge in [-0.25, -0.2) is 5.10 Å². The summed E-state index contributed by atoms with van der Waals surface area (Å²) < 4.78 is 0. The molecule has 138 valence electrons. The maximum absolute atomic E-state index is 4.88. The van der Waals surface area contributed by atoms with E-state index in [9.17, 15) is 0 Å². The molecule has 26 heavy (non-hydrogen) atoms. The molecule has 1 aromatic carbocycles. The van der Waals surface area contributed by atoms with Crippen molar-refractivity contribution in [1.29, 1.82) is 0 Å². The molecule has 2 unspecified atom stereocenters. The fraction of sp³-hybridized carbons (Fsp3) is 0.579. The zero-order chi connectivity index (χ0) is 17.4. The Morgan fingerprint density at radius 1 is 0.962 bits per heavy atom. The van der Waals surface area contributed by atoms with Crippen molar-refractivity contribution in [3.63, 3.8) is 0 Å². The first kappa shape index (κ1) is 16.1. The Morgan fingerprint density at radius 3 is 2.58 bits per heavy atom. The van der Waals surface area contributed by atoms with E-state index in [0.29, 0.717) is 11.5 Å². The van der Waals surface area contributed by atoms with Crippen LogP contribution in [0, 0.1) is 5.41 Å². The first-order valence-corrected chi connectivity index (χ1v) is 9.76.